The molecule has 1 unspecified atom stereocenters. The molecule has 0 spiro atoms. The number of likely N-dealkylation sites (tertiary alicyclic amines) is 2. The first-order valence-corrected chi connectivity index (χ1v) is 12.6. The topological polar surface area (TPSA) is 91.2 Å². The Morgan fingerprint density at radius 3 is 2.72 bits per heavy atom. The highest BCUT2D eigenvalue weighted by Crippen LogP contribution is 2.34. The third kappa shape index (κ3) is 6.26. The molecule has 4 heterocycles. The maximum Gasteiger partial charge on any atom is 0.421 e. The van der Waals surface area contributed by atoms with Crippen LogP contribution in [0.25, 0.3) is 0 Å². The van der Waals surface area contributed by atoms with Crippen molar-refractivity contribution in [3.8, 4) is 0 Å². The van der Waals surface area contributed by atoms with Crippen molar-refractivity contribution in [2.45, 2.75) is 71.1 Å². The third-order valence-electron chi connectivity index (χ3n) is 6.88. The Balaban J connectivity index is 1.42. The van der Waals surface area contributed by atoms with Crippen LogP contribution in [0.2, 0.25) is 0 Å². The van der Waals surface area contributed by atoms with Crippen LogP contribution in [0.1, 0.15) is 63.3 Å². The largest absolute Gasteiger partial charge is 0.421 e. The fourth-order valence-corrected chi connectivity index (χ4v) is 4.72. The normalized spacial score (nSPS) is 19.4. The molecule has 36 heavy (non-hydrogen) atoms. The van der Waals surface area contributed by atoms with E-state index < -0.39 is 11.7 Å². The Bertz CT molecular complexity index is 1050. The summed E-state index contributed by atoms with van der Waals surface area (Å²) >= 11 is 0. The van der Waals surface area contributed by atoms with Gasteiger partial charge in [-0.05, 0) is 46.5 Å². The number of amides is 1. The van der Waals surface area contributed by atoms with E-state index in [9.17, 15) is 18.0 Å². The zero-order chi connectivity index (χ0) is 25.9. The predicted molar refractivity (Wildman–Crippen MR) is 131 cm³/mol. The molecular formula is C24H35F3N8O. The van der Waals surface area contributed by atoms with Crippen molar-refractivity contribution < 1.29 is 18.0 Å². The van der Waals surface area contributed by atoms with Gasteiger partial charge >= 0.3 is 6.18 Å². The second-order valence-electron chi connectivity index (χ2n) is 9.84. The lowest BCUT2D eigenvalue weighted by atomic mass is 10.1. The molecule has 1 atom stereocenters. The first-order chi connectivity index (χ1) is 17.1. The first-order valence-electron chi connectivity index (χ1n) is 12.6. The van der Waals surface area contributed by atoms with Crippen LogP contribution in [0, 0.1) is 6.92 Å². The van der Waals surface area contributed by atoms with Crippen LogP contribution in [0.5, 0.6) is 0 Å². The molecule has 198 valence electrons. The van der Waals surface area contributed by atoms with Gasteiger partial charge in [0.25, 0.3) is 0 Å². The number of rotatable bonds is 9. The van der Waals surface area contributed by atoms with E-state index in [0.717, 1.165) is 44.2 Å². The molecule has 2 N–H and O–H groups in total. The van der Waals surface area contributed by atoms with E-state index in [1.54, 1.807) is 4.90 Å². The van der Waals surface area contributed by atoms with Crippen molar-refractivity contribution in [3.05, 3.63) is 23.7 Å². The number of hydrogen-bond acceptors (Lipinski definition) is 7. The summed E-state index contributed by atoms with van der Waals surface area (Å²) in [5.41, 5.74) is 0.462. The fourth-order valence-electron chi connectivity index (χ4n) is 4.72. The first kappa shape index (κ1) is 26.2. The maximum absolute atomic E-state index is 13.6. The number of anilines is 3. The van der Waals surface area contributed by atoms with Gasteiger partial charge in [0, 0.05) is 57.6 Å². The van der Waals surface area contributed by atoms with Crippen molar-refractivity contribution >= 4 is 23.4 Å². The molecule has 2 aromatic rings. The maximum atomic E-state index is 13.6. The summed E-state index contributed by atoms with van der Waals surface area (Å²) in [6.45, 7) is 9.58. The highest BCUT2D eigenvalue weighted by molar-refractivity contribution is 5.76. The molecular weight excluding hydrogens is 473 g/mol. The van der Waals surface area contributed by atoms with E-state index >= 15 is 0 Å². The molecule has 1 amide bonds. The molecule has 0 radical (unpaired) electrons. The molecule has 0 aliphatic carbocycles. The molecule has 2 saturated heterocycles. The number of alkyl halides is 3. The number of aryl methyl sites for hydroxylation is 1. The Labute approximate surface area is 209 Å². The quantitative estimate of drug-likeness (QED) is 0.490. The van der Waals surface area contributed by atoms with Gasteiger partial charge in [0.1, 0.15) is 11.4 Å². The van der Waals surface area contributed by atoms with E-state index in [4.69, 9.17) is 0 Å². The van der Waals surface area contributed by atoms with Crippen molar-refractivity contribution in [2.24, 2.45) is 0 Å². The summed E-state index contributed by atoms with van der Waals surface area (Å²) in [6.07, 6.45) is 1.99. The molecule has 0 bridgehead atoms. The van der Waals surface area contributed by atoms with Gasteiger partial charge < -0.3 is 15.5 Å². The van der Waals surface area contributed by atoms with E-state index in [0.29, 0.717) is 37.7 Å². The van der Waals surface area contributed by atoms with Gasteiger partial charge in [-0.1, -0.05) is 0 Å². The van der Waals surface area contributed by atoms with Crippen LogP contribution < -0.4 is 10.6 Å². The molecule has 2 aromatic heterocycles. The lowest BCUT2D eigenvalue weighted by Crippen LogP contribution is -2.36. The van der Waals surface area contributed by atoms with Crippen LogP contribution >= 0.6 is 0 Å². The summed E-state index contributed by atoms with van der Waals surface area (Å²) in [5.74, 6) is -0.107. The third-order valence-corrected chi connectivity index (χ3v) is 6.88. The molecule has 0 aromatic carbocycles. The van der Waals surface area contributed by atoms with Crippen LogP contribution in [-0.4, -0.2) is 74.2 Å². The SMILES string of the molecule is Cc1nn(C2CCN(C(C)C)C2)cc1Nc1ncc(C(F)(F)F)c(NCCCN2CCCCC2=O)n1. The highest BCUT2D eigenvalue weighted by Gasteiger charge is 2.35. The smallest absolute Gasteiger partial charge is 0.369 e. The molecule has 0 saturated carbocycles. The minimum atomic E-state index is -4.59. The predicted octanol–water partition coefficient (Wildman–Crippen LogP) is 4.21. The summed E-state index contributed by atoms with van der Waals surface area (Å²) < 4.78 is 42.7. The summed E-state index contributed by atoms with van der Waals surface area (Å²) in [7, 11) is 0. The average molecular weight is 509 g/mol. The molecule has 12 heteroatoms. The molecule has 9 nitrogen and oxygen atoms in total. The summed E-state index contributed by atoms with van der Waals surface area (Å²) in [6, 6.07) is 0.718. The second-order valence-corrected chi connectivity index (χ2v) is 9.84. The summed E-state index contributed by atoms with van der Waals surface area (Å²) in [5, 5.41) is 10.5. The Morgan fingerprint density at radius 2 is 2.03 bits per heavy atom. The van der Waals surface area contributed by atoms with Crippen LogP contribution in [0.15, 0.2) is 12.4 Å². The molecule has 4 rings (SSSR count). The number of nitrogens with zero attached hydrogens (tertiary/aromatic N) is 6. The average Bonchev–Trinajstić information content (AvgIpc) is 3.45. The van der Waals surface area contributed by atoms with E-state index in [1.807, 2.05) is 17.8 Å². The van der Waals surface area contributed by atoms with Crippen molar-refractivity contribution in [1.29, 1.82) is 0 Å². The standard InChI is InChI=1S/C24H35F3N8O/c1-16(2)34-12-8-18(14-34)35-15-20(17(3)32-35)30-23-29-13-19(24(25,26)27)22(31-23)28-9-6-11-33-10-5-4-7-21(33)36/h13,15-16,18H,4-12,14H2,1-3H3,(H2,28,29,30,31). The Morgan fingerprint density at radius 1 is 1.22 bits per heavy atom. The van der Waals surface area contributed by atoms with Gasteiger partial charge in [-0.25, -0.2) is 4.98 Å². The van der Waals surface area contributed by atoms with Gasteiger partial charge in [0.15, 0.2) is 0 Å². The number of nitrogens with one attached hydrogen (secondary N) is 2. The summed E-state index contributed by atoms with van der Waals surface area (Å²) in [4.78, 5) is 24.2. The van der Waals surface area contributed by atoms with Crippen molar-refractivity contribution in [3.63, 3.8) is 0 Å². The van der Waals surface area contributed by atoms with Crippen molar-refractivity contribution in [1.82, 2.24) is 29.5 Å². The molecule has 2 aliphatic heterocycles. The highest BCUT2D eigenvalue weighted by atomic mass is 19.4. The fraction of sp³-hybridized carbons (Fsp3) is 0.667. The molecule has 2 aliphatic rings. The number of piperidine rings is 1. The lowest BCUT2D eigenvalue weighted by Gasteiger charge is -2.26. The number of carbonyl (C=O) groups is 1. The number of halogens is 3. The van der Waals surface area contributed by atoms with Gasteiger partial charge in [-0.15, -0.1) is 0 Å². The number of aromatic nitrogens is 4. The van der Waals surface area contributed by atoms with Crippen LogP contribution in [0.3, 0.4) is 0 Å². The minimum absolute atomic E-state index is 0.0644. The second kappa shape index (κ2) is 11.0. The zero-order valence-electron chi connectivity index (χ0n) is 21.1. The van der Waals surface area contributed by atoms with E-state index in [2.05, 4.69) is 44.4 Å². The van der Waals surface area contributed by atoms with E-state index in [-0.39, 0.29) is 30.3 Å². The number of hydrogen-bond donors (Lipinski definition) is 2. The van der Waals surface area contributed by atoms with Gasteiger partial charge in [-0.3, -0.25) is 14.4 Å². The van der Waals surface area contributed by atoms with Gasteiger partial charge in [0.2, 0.25) is 11.9 Å². The minimum Gasteiger partial charge on any atom is -0.369 e. The molecule has 2 fully saturated rings. The lowest BCUT2D eigenvalue weighted by molar-refractivity contribution is -0.137. The van der Waals surface area contributed by atoms with Crippen LogP contribution in [0.4, 0.5) is 30.6 Å². The van der Waals surface area contributed by atoms with Gasteiger partial charge in [0.05, 0.1) is 17.4 Å². The zero-order valence-corrected chi connectivity index (χ0v) is 21.1. The monoisotopic (exact) mass is 508 g/mol. The van der Waals surface area contributed by atoms with E-state index in [1.165, 1.54) is 0 Å². The van der Waals surface area contributed by atoms with Crippen LogP contribution in [-0.2, 0) is 11.0 Å². The Kier molecular flexibility index (Phi) is 8.01. The Hall–Kier alpha value is -2.89. The number of carbonyl (C=O) groups excluding carboxylic acids is 1. The van der Waals surface area contributed by atoms with Crippen molar-refractivity contribution in [2.75, 3.05) is 43.4 Å². The van der Waals surface area contributed by atoms with Gasteiger partial charge in [-0.2, -0.15) is 23.3 Å².